The van der Waals surface area contributed by atoms with E-state index < -0.39 is 0 Å². The SMILES string of the molecule is CCCCC(C)(C)c1ccc(CO)c(F)c1. The van der Waals surface area contributed by atoms with E-state index >= 15 is 0 Å². The van der Waals surface area contributed by atoms with Gasteiger partial charge in [-0.1, -0.05) is 45.7 Å². The lowest BCUT2D eigenvalue weighted by Gasteiger charge is -2.25. The minimum atomic E-state index is -0.301. The predicted molar refractivity (Wildman–Crippen MR) is 64.9 cm³/mol. The van der Waals surface area contributed by atoms with Crippen molar-refractivity contribution < 1.29 is 9.50 Å². The number of aliphatic hydroxyl groups excluding tert-OH is 1. The van der Waals surface area contributed by atoms with Gasteiger partial charge in [0.2, 0.25) is 0 Å². The van der Waals surface area contributed by atoms with E-state index in [0.29, 0.717) is 5.56 Å². The molecule has 1 aromatic rings. The summed E-state index contributed by atoms with van der Waals surface area (Å²) in [5, 5.41) is 8.91. The van der Waals surface area contributed by atoms with Crippen LogP contribution in [0.4, 0.5) is 4.39 Å². The first-order valence-corrected chi connectivity index (χ1v) is 5.91. The van der Waals surface area contributed by atoms with Crippen molar-refractivity contribution >= 4 is 0 Å². The molecule has 2 heteroatoms. The highest BCUT2D eigenvalue weighted by molar-refractivity contribution is 5.29. The van der Waals surface area contributed by atoms with Gasteiger partial charge >= 0.3 is 0 Å². The minimum absolute atomic E-state index is 0.00480. The van der Waals surface area contributed by atoms with Gasteiger partial charge in [-0.05, 0) is 23.5 Å². The van der Waals surface area contributed by atoms with Crippen molar-refractivity contribution in [2.75, 3.05) is 0 Å². The van der Waals surface area contributed by atoms with Gasteiger partial charge in [0, 0.05) is 5.56 Å². The van der Waals surface area contributed by atoms with Crippen molar-refractivity contribution in [3.8, 4) is 0 Å². The Morgan fingerprint density at radius 3 is 2.50 bits per heavy atom. The van der Waals surface area contributed by atoms with E-state index in [4.69, 9.17) is 5.11 Å². The predicted octanol–water partition coefficient (Wildman–Crippen LogP) is 3.79. The highest BCUT2D eigenvalue weighted by Gasteiger charge is 2.20. The summed E-state index contributed by atoms with van der Waals surface area (Å²) in [4.78, 5) is 0. The van der Waals surface area contributed by atoms with Crippen molar-refractivity contribution in [3.63, 3.8) is 0 Å². The quantitative estimate of drug-likeness (QED) is 0.806. The van der Waals surface area contributed by atoms with Crippen LogP contribution in [0.3, 0.4) is 0 Å². The third kappa shape index (κ3) is 3.05. The molecule has 0 aliphatic carbocycles. The molecule has 0 unspecified atom stereocenters. The third-order valence-electron chi connectivity index (χ3n) is 3.16. The maximum atomic E-state index is 13.5. The molecule has 0 heterocycles. The molecular formula is C14H21FO. The molecule has 0 aromatic heterocycles. The second-order valence-electron chi connectivity index (χ2n) is 4.95. The van der Waals surface area contributed by atoms with Gasteiger partial charge in [0.25, 0.3) is 0 Å². The first kappa shape index (κ1) is 13.2. The molecular weight excluding hydrogens is 203 g/mol. The van der Waals surface area contributed by atoms with Crippen LogP contribution >= 0.6 is 0 Å². The molecule has 0 atom stereocenters. The Labute approximate surface area is 97.3 Å². The molecule has 90 valence electrons. The molecule has 0 radical (unpaired) electrons. The summed E-state index contributed by atoms with van der Waals surface area (Å²) < 4.78 is 13.5. The van der Waals surface area contributed by atoms with Crippen LogP contribution in [0, 0.1) is 5.82 Å². The van der Waals surface area contributed by atoms with Crippen LogP contribution in [0.2, 0.25) is 0 Å². The first-order valence-electron chi connectivity index (χ1n) is 5.91. The zero-order valence-electron chi connectivity index (χ0n) is 10.4. The van der Waals surface area contributed by atoms with Gasteiger partial charge in [0.05, 0.1) is 6.61 Å². The molecule has 1 aromatic carbocycles. The van der Waals surface area contributed by atoms with E-state index in [-0.39, 0.29) is 17.8 Å². The molecule has 0 saturated heterocycles. The summed E-state index contributed by atoms with van der Waals surface area (Å²) in [5.41, 5.74) is 1.39. The highest BCUT2D eigenvalue weighted by atomic mass is 19.1. The van der Waals surface area contributed by atoms with Crippen LogP contribution in [-0.2, 0) is 12.0 Å². The summed E-state index contributed by atoms with van der Waals surface area (Å²) in [5.74, 6) is -0.301. The topological polar surface area (TPSA) is 20.2 Å². The number of hydrogen-bond acceptors (Lipinski definition) is 1. The van der Waals surface area contributed by atoms with Gasteiger partial charge in [0.1, 0.15) is 5.82 Å². The standard InChI is InChI=1S/C14H21FO/c1-4-5-8-14(2,3)12-7-6-11(10-16)13(15)9-12/h6-7,9,16H,4-5,8,10H2,1-3H3. The number of unbranched alkanes of at least 4 members (excludes halogenated alkanes) is 1. The lowest BCUT2D eigenvalue weighted by atomic mass is 9.80. The van der Waals surface area contributed by atoms with Gasteiger partial charge in [-0.3, -0.25) is 0 Å². The van der Waals surface area contributed by atoms with Gasteiger partial charge < -0.3 is 5.11 Å². The average molecular weight is 224 g/mol. The summed E-state index contributed by atoms with van der Waals surface area (Å²) in [6.45, 7) is 6.19. The Morgan fingerprint density at radius 2 is 2.00 bits per heavy atom. The first-order chi connectivity index (χ1) is 7.51. The molecule has 1 N–H and O–H groups in total. The number of benzene rings is 1. The van der Waals surface area contributed by atoms with E-state index in [1.54, 1.807) is 12.1 Å². The van der Waals surface area contributed by atoms with Crippen LogP contribution in [0.5, 0.6) is 0 Å². The van der Waals surface area contributed by atoms with Crippen molar-refractivity contribution in [1.29, 1.82) is 0 Å². The number of aliphatic hydroxyl groups is 1. The fourth-order valence-electron chi connectivity index (χ4n) is 1.86. The van der Waals surface area contributed by atoms with E-state index in [9.17, 15) is 4.39 Å². The Balaban J connectivity index is 2.91. The molecule has 0 aliphatic heterocycles. The van der Waals surface area contributed by atoms with Gasteiger partial charge in [-0.2, -0.15) is 0 Å². The molecule has 0 fully saturated rings. The van der Waals surface area contributed by atoms with E-state index in [1.165, 1.54) is 0 Å². The summed E-state index contributed by atoms with van der Waals surface area (Å²) in [6.07, 6.45) is 3.36. The van der Waals surface area contributed by atoms with Crippen LogP contribution in [0.25, 0.3) is 0 Å². The van der Waals surface area contributed by atoms with Crippen LogP contribution in [0.15, 0.2) is 18.2 Å². The minimum Gasteiger partial charge on any atom is -0.392 e. The lowest BCUT2D eigenvalue weighted by Crippen LogP contribution is -2.17. The third-order valence-corrected chi connectivity index (χ3v) is 3.16. The van der Waals surface area contributed by atoms with Crippen molar-refractivity contribution in [2.24, 2.45) is 0 Å². The molecule has 16 heavy (non-hydrogen) atoms. The normalized spacial score (nSPS) is 11.8. The van der Waals surface area contributed by atoms with Crippen LogP contribution < -0.4 is 0 Å². The molecule has 0 amide bonds. The Morgan fingerprint density at radius 1 is 1.31 bits per heavy atom. The highest BCUT2D eigenvalue weighted by Crippen LogP contribution is 2.30. The van der Waals surface area contributed by atoms with Gasteiger partial charge in [-0.15, -0.1) is 0 Å². The summed E-state index contributed by atoms with van der Waals surface area (Å²) in [7, 11) is 0. The Hall–Kier alpha value is -0.890. The average Bonchev–Trinajstić information content (AvgIpc) is 2.26. The second kappa shape index (κ2) is 5.44. The van der Waals surface area contributed by atoms with Crippen LogP contribution in [-0.4, -0.2) is 5.11 Å². The largest absolute Gasteiger partial charge is 0.392 e. The van der Waals surface area contributed by atoms with E-state index in [1.807, 2.05) is 6.07 Å². The Kier molecular flexibility index (Phi) is 4.48. The summed E-state index contributed by atoms with van der Waals surface area (Å²) >= 11 is 0. The number of rotatable bonds is 5. The smallest absolute Gasteiger partial charge is 0.129 e. The molecule has 1 nitrogen and oxygen atoms in total. The molecule has 0 bridgehead atoms. The zero-order chi connectivity index (χ0) is 12.2. The second-order valence-corrected chi connectivity index (χ2v) is 4.95. The monoisotopic (exact) mass is 224 g/mol. The van der Waals surface area contributed by atoms with E-state index in [0.717, 1.165) is 24.8 Å². The van der Waals surface area contributed by atoms with Crippen molar-refractivity contribution in [3.05, 3.63) is 35.1 Å². The molecule has 1 rings (SSSR count). The van der Waals surface area contributed by atoms with Crippen molar-refractivity contribution in [2.45, 2.75) is 52.1 Å². The van der Waals surface area contributed by atoms with Crippen molar-refractivity contribution in [1.82, 2.24) is 0 Å². The lowest BCUT2D eigenvalue weighted by molar-refractivity contribution is 0.275. The molecule has 0 saturated carbocycles. The number of hydrogen-bond donors (Lipinski definition) is 1. The van der Waals surface area contributed by atoms with Gasteiger partial charge in [0.15, 0.2) is 0 Å². The van der Waals surface area contributed by atoms with Gasteiger partial charge in [-0.25, -0.2) is 4.39 Å². The summed E-state index contributed by atoms with van der Waals surface area (Å²) in [6, 6.07) is 5.16. The molecule has 0 spiro atoms. The van der Waals surface area contributed by atoms with E-state index in [2.05, 4.69) is 20.8 Å². The fourth-order valence-corrected chi connectivity index (χ4v) is 1.86. The number of halogens is 1. The Bertz CT molecular complexity index is 345. The van der Waals surface area contributed by atoms with Crippen LogP contribution in [0.1, 0.15) is 51.2 Å². The molecule has 0 aliphatic rings. The fraction of sp³-hybridized carbons (Fsp3) is 0.571. The zero-order valence-corrected chi connectivity index (χ0v) is 10.4. The maximum absolute atomic E-state index is 13.5. The maximum Gasteiger partial charge on any atom is 0.129 e.